The first-order valence-electron chi connectivity index (χ1n) is 7.14. The summed E-state index contributed by atoms with van der Waals surface area (Å²) in [5, 5.41) is 2.81. The van der Waals surface area contributed by atoms with Crippen molar-refractivity contribution in [3.63, 3.8) is 0 Å². The van der Waals surface area contributed by atoms with Crippen LogP contribution < -0.4 is 20.2 Å². The van der Waals surface area contributed by atoms with E-state index in [1.54, 1.807) is 43.7 Å². The maximum absolute atomic E-state index is 12.2. The van der Waals surface area contributed by atoms with Crippen LogP contribution >= 0.6 is 0 Å². The van der Waals surface area contributed by atoms with Crippen molar-refractivity contribution in [2.45, 2.75) is 20.4 Å². The van der Waals surface area contributed by atoms with Crippen LogP contribution in [0, 0.1) is 13.8 Å². The van der Waals surface area contributed by atoms with E-state index < -0.39 is 0 Å². The Kier molecular flexibility index (Phi) is 5.05. The fraction of sp³-hybridized carbons (Fsp3) is 0.294. The summed E-state index contributed by atoms with van der Waals surface area (Å²) in [6.45, 7) is 3.74. The summed E-state index contributed by atoms with van der Waals surface area (Å²) >= 11 is 0. The van der Waals surface area contributed by atoms with E-state index >= 15 is 0 Å². The number of aryl methyl sites for hydroxylation is 2. The normalized spacial score (nSPS) is 10.3. The largest absolute Gasteiger partial charge is 0.493 e. The maximum atomic E-state index is 12.2. The van der Waals surface area contributed by atoms with Crippen molar-refractivity contribution in [3.8, 4) is 11.5 Å². The van der Waals surface area contributed by atoms with Crippen LogP contribution in [0.3, 0.4) is 0 Å². The summed E-state index contributed by atoms with van der Waals surface area (Å²) in [6.07, 6.45) is 0. The number of nitrogens with one attached hydrogen (secondary N) is 1. The number of anilines is 1. The van der Waals surface area contributed by atoms with Gasteiger partial charge >= 0.3 is 0 Å². The van der Waals surface area contributed by atoms with Crippen LogP contribution in [0.4, 0.5) is 5.69 Å². The molecule has 1 amide bonds. The zero-order valence-corrected chi connectivity index (χ0v) is 13.7. The molecule has 0 aliphatic rings. The van der Waals surface area contributed by atoms with Gasteiger partial charge in [-0.3, -0.25) is 9.59 Å². The van der Waals surface area contributed by atoms with Gasteiger partial charge in [0.2, 0.25) is 5.91 Å². The first kappa shape index (κ1) is 16.6. The second kappa shape index (κ2) is 7.00. The van der Waals surface area contributed by atoms with Crippen LogP contribution in [0.1, 0.15) is 11.4 Å². The van der Waals surface area contributed by atoms with E-state index in [1.807, 2.05) is 0 Å². The number of nitrogens with zero attached hydrogens (tertiary/aromatic N) is 1. The zero-order valence-electron chi connectivity index (χ0n) is 13.7. The van der Waals surface area contributed by atoms with Crippen molar-refractivity contribution >= 4 is 11.6 Å². The quantitative estimate of drug-likeness (QED) is 0.917. The minimum Gasteiger partial charge on any atom is -0.493 e. The Morgan fingerprint density at radius 1 is 1.04 bits per heavy atom. The van der Waals surface area contributed by atoms with Gasteiger partial charge in [-0.1, -0.05) is 0 Å². The summed E-state index contributed by atoms with van der Waals surface area (Å²) in [6, 6.07) is 8.18. The predicted molar refractivity (Wildman–Crippen MR) is 88.4 cm³/mol. The molecule has 1 aromatic carbocycles. The first-order chi connectivity index (χ1) is 10.9. The highest BCUT2D eigenvalue weighted by Gasteiger charge is 2.10. The van der Waals surface area contributed by atoms with Gasteiger partial charge in [0.25, 0.3) is 0 Å². The lowest BCUT2D eigenvalue weighted by atomic mass is 10.2. The van der Waals surface area contributed by atoms with Gasteiger partial charge in [0.15, 0.2) is 16.9 Å². The molecule has 0 bridgehead atoms. The average molecular weight is 316 g/mol. The topological polar surface area (TPSA) is 69.6 Å². The van der Waals surface area contributed by atoms with Crippen LogP contribution in [0.15, 0.2) is 35.1 Å². The van der Waals surface area contributed by atoms with Crippen molar-refractivity contribution in [2.24, 2.45) is 0 Å². The van der Waals surface area contributed by atoms with Crippen molar-refractivity contribution in [2.75, 3.05) is 19.5 Å². The van der Waals surface area contributed by atoms with Crippen molar-refractivity contribution in [3.05, 3.63) is 51.9 Å². The minimum absolute atomic E-state index is 0.0588. The van der Waals surface area contributed by atoms with Gasteiger partial charge in [0.1, 0.15) is 6.54 Å². The number of hydrogen-bond donors (Lipinski definition) is 1. The van der Waals surface area contributed by atoms with Gasteiger partial charge in [-0.15, -0.1) is 0 Å². The van der Waals surface area contributed by atoms with E-state index in [9.17, 15) is 9.59 Å². The van der Waals surface area contributed by atoms with Gasteiger partial charge in [-0.2, -0.15) is 0 Å². The van der Waals surface area contributed by atoms with Crippen LogP contribution in [-0.2, 0) is 11.3 Å². The molecule has 2 aromatic rings. The summed E-state index contributed by atoms with van der Waals surface area (Å²) in [5.41, 5.74) is 2.05. The summed E-state index contributed by atoms with van der Waals surface area (Å²) < 4.78 is 12.2. The van der Waals surface area contributed by atoms with E-state index in [2.05, 4.69) is 5.32 Å². The number of benzene rings is 1. The average Bonchev–Trinajstić information content (AvgIpc) is 2.50. The number of pyridine rings is 1. The molecule has 122 valence electrons. The Morgan fingerprint density at radius 3 is 2.22 bits per heavy atom. The molecule has 0 saturated heterocycles. The van der Waals surface area contributed by atoms with Crippen molar-refractivity contribution in [1.29, 1.82) is 0 Å². The number of hydrogen-bond acceptors (Lipinski definition) is 4. The van der Waals surface area contributed by atoms with E-state index in [4.69, 9.17) is 9.47 Å². The van der Waals surface area contributed by atoms with E-state index in [1.165, 1.54) is 19.2 Å². The van der Waals surface area contributed by atoms with E-state index in [0.717, 1.165) is 11.4 Å². The molecule has 23 heavy (non-hydrogen) atoms. The van der Waals surface area contributed by atoms with Gasteiger partial charge in [-0.05, 0) is 26.0 Å². The standard InChI is InChI=1S/C17H20N2O4/c1-11-7-14(20)8-12(2)19(11)10-17(21)18-13-5-6-15(22-3)16(9-13)23-4/h5-9H,10H2,1-4H3,(H,18,21). The predicted octanol–water partition coefficient (Wildman–Crippen LogP) is 2.12. The van der Waals surface area contributed by atoms with Crippen molar-refractivity contribution < 1.29 is 14.3 Å². The number of rotatable bonds is 5. The SMILES string of the molecule is COc1ccc(NC(=O)Cn2c(C)cc(=O)cc2C)cc1OC. The molecule has 1 N–H and O–H groups in total. The van der Waals surface area contributed by atoms with Gasteiger partial charge in [-0.25, -0.2) is 0 Å². The molecule has 0 unspecified atom stereocenters. The fourth-order valence-corrected chi connectivity index (χ4v) is 2.39. The molecule has 0 fully saturated rings. The molecular weight excluding hydrogens is 296 g/mol. The molecule has 1 heterocycles. The second-order valence-corrected chi connectivity index (χ2v) is 5.18. The number of amides is 1. The maximum Gasteiger partial charge on any atom is 0.244 e. The molecule has 2 rings (SSSR count). The molecule has 1 aromatic heterocycles. The third-order valence-electron chi connectivity index (χ3n) is 3.52. The van der Waals surface area contributed by atoms with Gasteiger partial charge < -0.3 is 19.4 Å². The lowest BCUT2D eigenvalue weighted by molar-refractivity contribution is -0.116. The highest BCUT2D eigenvalue weighted by Crippen LogP contribution is 2.29. The molecular formula is C17H20N2O4. The fourth-order valence-electron chi connectivity index (χ4n) is 2.39. The molecule has 0 radical (unpaired) electrons. The van der Waals surface area contributed by atoms with Crippen LogP contribution in [0.5, 0.6) is 11.5 Å². The molecule has 0 atom stereocenters. The highest BCUT2D eigenvalue weighted by molar-refractivity contribution is 5.91. The molecule has 0 saturated carbocycles. The molecule has 0 aliphatic heterocycles. The number of methoxy groups -OCH3 is 2. The molecule has 6 nitrogen and oxygen atoms in total. The monoisotopic (exact) mass is 316 g/mol. The smallest absolute Gasteiger partial charge is 0.244 e. The third-order valence-corrected chi connectivity index (χ3v) is 3.52. The highest BCUT2D eigenvalue weighted by atomic mass is 16.5. The summed E-state index contributed by atoms with van der Waals surface area (Å²) in [7, 11) is 3.09. The molecule has 6 heteroatoms. The molecule has 0 spiro atoms. The lowest BCUT2D eigenvalue weighted by Crippen LogP contribution is -2.23. The lowest BCUT2D eigenvalue weighted by Gasteiger charge is -2.15. The number of ether oxygens (including phenoxy) is 2. The molecule has 0 aliphatic carbocycles. The van der Waals surface area contributed by atoms with Crippen LogP contribution in [-0.4, -0.2) is 24.7 Å². The number of aromatic nitrogens is 1. The van der Waals surface area contributed by atoms with E-state index in [-0.39, 0.29) is 17.9 Å². The Hall–Kier alpha value is -2.76. The van der Waals surface area contributed by atoms with Crippen molar-refractivity contribution in [1.82, 2.24) is 4.57 Å². The van der Waals surface area contributed by atoms with Gasteiger partial charge in [0.05, 0.1) is 14.2 Å². The Morgan fingerprint density at radius 2 is 1.65 bits per heavy atom. The number of carbonyl (C=O) groups excluding carboxylic acids is 1. The van der Waals surface area contributed by atoms with Gasteiger partial charge in [0, 0.05) is 35.3 Å². The third kappa shape index (κ3) is 3.91. The summed E-state index contributed by atoms with van der Waals surface area (Å²) in [4.78, 5) is 23.7. The minimum atomic E-state index is -0.188. The zero-order chi connectivity index (χ0) is 17.0. The first-order valence-corrected chi connectivity index (χ1v) is 7.14. The van der Waals surface area contributed by atoms with Crippen LogP contribution in [0.25, 0.3) is 0 Å². The van der Waals surface area contributed by atoms with Crippen LogP contribution in [0.2, 0.25) is 0 Å². The Bertz CT molecular complexity index is 754. The second-order valence-electron chi connectivity index (χ2n) is 5.18. The summed E-state index contributed by atoms with van der Waals surface area (Å²) in [5.74, 6) is 0.950. The number of carbonyl (C=O) groups is 1. The van der Waals surface area contributed by atoms with E-state index in [0.29, 0.717) is 17.2 Å². The Balaban J connectivity index is 2.16. The Labute approximate surface area is 134 Å².